The van der Waals surface area contributed by atoms with Crippen LogP contribution in [0.1, 0.15) is 17.5 Å². The van der Waals surface area contributed by atoms with Crippen molar-refractivity contribution in [1.29, 1.82) is 0 Å². The number of carboxylic acid groups (broad SMARTS) is 1. The Balaban J connectivity index is 0.00000420. The fourth-order valence-electron chi connectivity index (χ4n) is 3.83. The molecule has 12 nitrogen and oxygen atoms in total. The number of benzene rings is 1. The molecule has 4 rings (SSSR count). The number of carbonyl (C=O) groups excluding carboxylic acids is 5. The van der Waals surface area contributed by atoms with Crippen LogP contribution in [-0.2, 0) is 25.6 Å². The van der Waals surface area contributed by atoms with Gasteiger partial charge in [-0.25, -0.2) is 4.79 Å². The monoisotopic (exact) mass is 598 g/mol. The molecule has 2 aliphatic heterocycles. The summed E-state index contributed by atoms with van der Waals surface area (Å²) in [5, 5.41) is 27.8. The van der Waals surface area contributed by atoms with Crippen molar-refractivity contribution in [2.75, 3.05) is 23.4 Å². The Bertz CT molecular complexity index is 1330. The number of aliphatic carboxylic acids is 1. The van der Waals surface area contributed by atoms with Crippen LogP contribution in [0.3, 0.4) is 0 Å². The Kier molecular flexibility index (Phi) is 11.0. The van der Waals surface area contributed by atoms with Gasteiger partial charge in [-0.15, -0.1) is 22.0 Å². The largest absolute Gasteiger partial charge is 1.00 e. The number of fused-ring (bicyclic) bond motifs is 1. The zero-order chi connectivity index (χ0) is 27.4. The first-order chi connectivity index (χ1) is 18.1. The molecule has 3 N–H and O–H groups in total. The smallest absolute Gasteiger partial charge is 0.543 e. The van der Waals surface area contributed by atoms with Gasteiger partial charge in [0.15, 0.2) is 4.34 Å². The molecule has 1 fully saturated rings. The molecule has 0 saturated carbocycles. The van der Waals surface area contributed by atoms with E-state index >= 15 is 0 Å². The van der Waals surface area contributed by atoms with Crippen molar-refractivity contribution in [3.63, 3.8) is 0 Å². The number of carbonyl (C=O) groups is 5. The third-order valence-corrected chi connectivity index (χ3v) is 8.95. The zero-order valence-corrected chi connectivity index (χ0v) is 25.8. The Morgan fingerprint density at radius 3 is 2.62 bits per heavy atom. The number of hydrogen-bond donors (Lipinski definition) is 3. The molecule has 3 heterocycles. The second-order valence-electron chi connectivity index (χ2n) is 8.41. The number of Topliss-reactive ketones (excluding diaryl/α,β-unsaturated/α-hetero) is 1. The second kappa shape index (κ2) is 13.8. The molecule has 1 aromatic heterocycles. The van der Waals surface area contributed by atoms with Crippen molar-refractivity contribution in [2.45, 2.75) is 36.0 Å². The van der Waals surface area contributed by atoms with E-state index in [4.69, 9.17) is 0 Å². The molecule has 200 valence electrons. The topological polar surface area (TPSA) is 174 Å². The van der Waals surface area contributed by atoms with E-state index < -0.39 is 35.2 Å². The summed E-state index contributed by atoms with van der Waals surface area (Å²) >= 11 is 4.11. The number of thioether (sulfide) groups is 2. The van der Waals surface area contributed by atoms with E-state index in [0.29, 0.717) is 32.7 Å². The average Bonchev–Trinajstić information content (AvgIpc) is 3.30. The van der Waals surface area contributed by atoms with E-state index in [2.05, 4.69) is 26.1 Å². The first-order valence-corrected chi connectivity index (χ1v) is 14.2. The van der Waals surface area contributed by atoms with Crippen LogP contribution in [-0.4, -0.2) is 74.2 Å². The van der Waals surface area contributed by atoms with E-state index in [1.165, 1.54) is 46.7 Å². The molecule has 0 radical (unpaired) electrons. The number of hydrogen-bond acceptors (Lipinski definition) is 11. The van der Waals surface area contributed by atoms with E-state index in [0.717, 1.165) is 5.01 Å². The zero-order valence-electron chi connectivity index (χ0n) is 21.3. The predicted molar refractivity (Wildman–Crippen MR) is 140 cm³/mol. The maximum absolute atomic E-state index is 12.9. The average molecular weight is 599 g/mol. The number of β-lactam (4-membered cyclic amide) rings is 1. The molecule has 0 spiro atoms. The summed E-state index contributed by atoms with van der Waals surface area (Å²) in [5.41, 5.74) is 1.27. The molecule has 2 aliphatic rings. The van der Waals surface area contributed by atoms with Crippen LogP contribution in [0, 0.1) is 6.92 Å². The van der Waals surface area contributed by atoms with Crippen molar-refractivity contribution in [3.8, 4) is 0 Å². The minimum atomic E-state index is -1.44. The Morgan fingerprint density at radius 2 is 1.95 bits per heavy atom. The Labute approximate surface area is 258 Å². The van der Waals surface area contributed by atoms with Crippen molar-refractivity contribution in [2.24, 2.45) is 0 Å². The molecule has 16 heteroatoms. The summed E-state index contributed by atoms with van der Waals surface area (Å²) in [5.74, 6) is -1.96. The van der Waals surface area contributed by atoms with E-state index in [-0.39, 0.29) is 54.0 Å². The van der Waals surface area contributed by atoms with Gasteiger partial charge in [0.1, 0.15) is 22.2 Å². The SMILES string of the molecule is CC(=O)CNC(=O)Nc1ccccc1CC(=O)NC1C(=O)N2C(C(=O)[O-])=C(CSc3nnc(C)s3)CS[C@H]12.[Na+]. The quantitative estimate of drug-likeness (QED) is 0.148. The van der Waals surface area contributed by atoms with Crippen molar-refractivity contribution >= 4 is 70.1 Å². The number of aryl methyl sites for hydroxylation is 1. The van der Waals surface area contributed by atoms with Crippen LogP contribution in [0.25, 0.3) is 0 Å². The summed E-state index contributed by atoms with van der Waals surface area (Å²) < 4.78 is 0.700. The van der Waals surface area contributed by atoms with Gasteiger partial charge in [0.2, 0.25) is 5.91 Å². The van der Waals surface area contributed by atoms with Gasteiger partial charge in [0, 0.05) is 17.2 Å². The van der Waals surface area contributed by atoms with Crippen molar-refractivity contribution < 1.29 is 58.6 Å². The number of anilines is 1. The van der Waals surface area contributed by atoms with Crippen LogP contribution in [0.4, 0.5) is 10.5 Å². The Hall–Kier alpha value is -2.43. The summed E-state index contributed by atoms with van der Waals surface area (Å²) in [6.45, 7) is 3.04. The second-order valence-corrected chi connectivity index (χ2v) is 11.9. The summed E-state index contributed by atoms with van der Waals surface area (Å²) in [6, 6.07) is 5.18. The molecular formula is C23H23N6NaO6S3. The predicted octanol–water partition coefficient (Wildman–Crippen LogP) is -2.70. The molecule has 1 aromatic carbocycles. The van der Waals surface area contributed by atoms with Crippen LogP contribution < -0.4 is 50.6 Å². The fourth-order valence-corrected chi connectivity index (χ4v) is 7.13. The van der Waals surface area contributed by atoms with Gasteiger partial charge < -0.3 is 25.9 Å². The number of nitrogens with zero attached hydrogens (tertiary/aromatic N) is 3. The Morgan fingerprint density at radius 1 is 1.21 bits per heavy atom. The standard InChI is InChI=1S/C23H24N6O6S3.Na/c1-11(30)8-24-22(35)25-15-6-4-3-5-13(15)7-16(31)26-17-19(32)29-18(21(33)34)14(9-36-20(17)29)10-37-23-28-27-12(2)38-23;/h3-6,17,20H,7-10H2,1-2H3,(H,26,31)(H,33,34)(H2,24,25,35);/q;+1/p-1/t17?,20-;/m1./s1. The van der Waals surface area contributed by atoms with Gasteiger partial charge in [0.05, 0.1) is 24.6 Å². The molecule has 1 saturated heterocycles. The molecular weight excluding hydrogens is 575 g/mol. The van der Waals surface area contributed by atoms with Gasteiger partial charge >= 0.3 is 35.6 Å². The number of aromatic nitrogens is 2. The molecule has 1 unspecified atom stereocenters. The third kappa shape index (κ3) is 7.61. The van der Waals surface area contributed by atoms with Crippen molar-refractivity contribution in [3.05, 3.63) is 46.1 Å². The van der Waals surface area contributed by atoms with E-state index in [9.17, 15) is 29.1 Å². The number of urea groups is 1. The van der Waals surface area contributed by atoms with Gasteiger partial charge in [-0.1, -0.05) is 41.3 Å². The minimum Gasteiger partial charge on any atom is -0.543 e. The number of ketones is 1. The number of amides is 4. The molecule has 0 aliphatic carbocycles. The van der Waals surface area contributed by atoms with Gasteiger partial charge in [-0.05, 0) is 31.1 Å². The van der Waals surface area contributed by atoms with Crippen molar-refractivity contribution in [1.82, 2.24) is 25.7 Å². The summed E-state index contributed by atoms with van der Waals surface area (Å²) in [7, 11) is 0. The molecule has 2 aromatic rings. The van der Waals surface area contributed by atoms with Gasteiger partial charge in [0.25, 0.3) is 5.91 Å². The first kappa shape index (κ1) is 31.1. The van der Waals surface area contributed by atoms with Crippen LogP contribution >= 0.6 is 34.9 Å². The molecule has 0 bridgehead atoms. The molecule has 39 heavy (non-hydrogen) atoms. The van der Waals surface area contributed by atoms with Gasteiger partial charge in [-0.3, -0.25) is 19.3 Å². The normalized spacial score (nSPS) is 17.9. The third-order valence-electron chi connectivity index (χ3n) is 5.55. The van der Waals surface area contributed by atoms with Crippen LogP contribution in [0.15, 0.2) is 39.9 Å². The first-order valence-electron chi connectivity index (χ1n) is 11.4. The minimum absolute atomic E-state index is 0. The number of carboxylic acids is 1. The van der Waals surface area contributed by atoms with Crippen LogP contribution in [0.5, 0.6) is 0 Å². The maximum Gasteiger partial charge on any atom is 1.00 e. The molecule has 2 atom stereocenters. The maximum atomic E-state index is 12.9. The number of rotatable bonds is 10. The number of nitrogens with one attached hydrogen (secondary N) is 3. The van der Waals surface area contributed by atoms with E-state index in [1.807, 2.05) is 6.92 Å². The number of para-hydroxylation sites is 1. The van der Waals surface area contributed by atoms with Crippen LogP contribution in [0.2, 0.25) is 0 Å². The summed E-state index contributed by atoms with van der Waals surface area (Å²) in [4.78, 5) is 61.9. The fraction of sp³-hybridized carbons (Fsp3) is 0.348. The van der Waals surface area contributed by atoms with E-state index in [1.54, 1.807) is 24.3 Å². The molecule has 4 amide bonds. The van der Waals surface area contributed by atoms with Gasteiger partial charge in [-0.2, -0.15) is 0 Å². The summed E-state index contributed by atoms with van der Waals surface area (Å²) in [6.07, 6.45) is -0.128.